The van der Waals surface area contributed by atoms with Gasteiger partial charge in [0.05, 0.1) is 11.6 Å². The van der Waals surface area contributed by atoms with Gasteiger partial charge in [0.1, 0.15) is 11.1 Å². The highest BCUT2D eigenvalue weighted by molar-refractivity contribution is 7.08. The van der Waals surface area contributed by atoms with Crippen molar-refractivity contribution in [2.75, 3.05) is 5.32 Å². The van der Waals surface area contributed by atoms with Crippen LogP contribution in [0, 0.1) is 0 Å². The van der Waals surface area contributed by atoms with Gasteiger partial charge in [0.25, 0.3) is 0 Å². The maximum Gasteiger partial charge on any atom is 0.113 e. The van der Waals surface area contributed by atoms with Crippen LogP contribution in [0.2, 0.25) is 0 Å². The molecule has 0 fully saturated rings. The molecule has 0 aliphatic rings. The minimum Gasteiger partial charge on any atom is -0.375 e. The first-order chi connectivity index (χ1) is 12.7. The molecule has 0 radical (unpaired) electrons. The van der Waals surface area contributed by atoms with E-state index in [1.165, 1.54) is 5.56 Å². The lowest BCUT2D eigenvalue weighted by molar-refractivity contribution is 0.322. The van der Waals surface area contributed by atoms with Gasteiger partial charge in [-0.15, -0.1) is 11.7 Å². The summed E-state index contributed by atoms with van der Waals surface area (Å²) < 4.78 is 1.97. The summed E-state index contributed by atoms with van der Waals surface area (Å²) in [5.74, 6) is 0. The van der Waals surface area contributed by atoms with Crippen LogP contribution in [0.15, 0.2) is 84.1 Å². The number of aromatic nitrogens is 3. The summed E-state index contributed by atoms with van der Waals surface area (Å²) >= 11 is 1.69. The molecule has 130 valence electrons. The fraction of sp³-hybridized carbons (Fsp3) is 0.143. The Bertz CT molecular complexity index is 1010. The lowest BCUT2D eigenvalue weighted by Crippen LogP contribution is -2.39. The van der Waals surface area contributed by atoms with Gasteiger partial charge < -0.3 is 5.32 Å². The van der Waals surface area contributed by atoms with Crippen molar-refractivity contribution < 1.29 is 0 Å². The lowest BCUT2D eigenvalue weighted by Gasteiger charge is -2.36. The monoisotopic (exact) mass is 360 g/mol. The minimum absolute atomic E-state index is 0.0428. The molecule has 4 nitrogen and oxygen atoms in total. The highest BCUT2D eigenvalue weighted by Crippen LogP contribution is 2.38. The quantitative estimate of drug-likeness (QED) is 0.478. The Kier molecular flexibility index (Phi) is 4.31. The summed E-state index contributed by atoms with van der Waals surface area (Å²) in [4.78, 5) is 0. The Morgan fingerprint density at radius 3 is 2.62 bits per heavy atom. The second kappa shape index (κ2) is 6.77. The summed E-state index contributed by atoms with van der Waals surface area (Å²) in [6.07, 6.45) is 1.95. The van der Waals surface area contributed by atoms with Gasteiger partial charge in [-0.1, -0.05) is 41.6 Å². The van der Waals surface area contributed by atoms with Gasteiger partial charge in [0, 0.05) is 5.69 Å². The van der Waals surface area contributed by atoms with Gasteiger partial charge in [-0.05, 0) is 53.6 Å². The van der Waals surface area contributed by atoms with Gasteiger partial charge in [-0.3, -0.25) is 0 Å². The van der Waals surface area contributed by atoms with E-state index in [-0.39, 0.29) is 6.04 Å². The molecule has 0 amide bonds. The van der Waals surface area contributed by atoms with Crippen LogP contribution >= 0.6 is 11.3 Å². The number of fused-ring (bicyclic) bond motifs is 1. The molecule has 0 saturated heterocycles. The molecule has 0 saturated carbocycles. The van der Waals surface area contributed by atoms with E-state index >= 15 is 0 Å². The molecule has 2 aromatic heterocycles. The second-order valence-electron chi connectivity index (χ2n) is 6.42. The second-order valence-corrected chi connectivity index (χ2v) is 7.20. The predicted octanol–water partition coefficient (Wildman–Crippen LogP) is 5.25. The number of anilines is 1. The largest absolute Gasteiger partial charge is 0.375 e. The Labute approximate surface area is 156 Å². The Hall–Kier alpha value is -2.92. The molecule has 5 heteroatoms. The summed E-state index contributed by atoms with van der Waals surface area (Å²) in [5, 5.41) is 16.7. The first-order valence-electron chi connectivity index (χ1n) is 8.50. The molecule has 2 aromatic carbocycles. The standard InChI is InChI=1S/C21H20N4S/c1-3-21(2,25-19-12-8-7-11-18(19)23-24-25)20(16-13-14-26-15-16)22-17-9-5-4-6-10-17/h3-15,20,22H,1H2,2H3. The fourth-order valence-electron chi connectivity index (χ4n) is 3.26. The van der Waals surface area contributed by atoms with Crippen molar-refractivity contribution in [2.24, 2.45) is 0 Å². The van der Waals surface area contributed by atoms with Gasteiger partial charge in [-0.2, -0.15) is 11.3 Å². The zero-order chi connectivity index (χ0) is 18.0. The van der Waals surface area contributed by atoms with Crippen molar-refractivity contribution in [2.45, 2.75) is 18.5 Å². The molecule has 1 N–H and O–H groups in total. The van der Waals surface area contributed by atoms with E-state index < -0.39 is 5.54 Å². The van der Waals surface area contributed by atoms with Crippen LogP contribution in [0.5, 0.6) is 0 Å². The molecular formula is C21H20N4S. The molecular weight excluding hydrogens is 340 g/mol. The van der Waals surface area contributed by atoms with Crippen LogP contribution in [-0.2, 0) is 5.54 Å². The number of nitrogens with zero attached hydrogens (tertiary/aromatic N) is 3. The molecule has 0 aliphatic carbocycles. The van der Waals surface area contributed by atoms with Crippen LogP contribution < -0.4 is 5.32 Å². The molecule has 0 spiro atoms. The van der Waals surface area contributed by atoms with Gasteiger partial charge >= 0.3 is 0 Å². The third-order valence-electron chi connectivity index (χ3n) is 4.77. The average molecular weight is 360 g/mol. The Morgan fingerprint density at radius 1 is 1.12 bits per heavy atom. The molecule has 4 rings (SSSR count). The van der Waals surface area contributed by atoms with Crippen molar-refractivity contribution in [3.8, 4) is 0 Å². The van der Waals surface area contributed by atoms with E-state index in [1.54, 1.807) is 11.3 Å². The van der Waals surface area contributed by atoms with Gasteiger partial charge in [0.15, 0.2) is 0 Å². The molecule has 2 atom stereocenters. The van der Waals surface area contributed by atoms with E-state index in [0.717, 1.165) is 16.7 Å². The summed E-state index contributed by atoms with van der Waals surface area (Å²) in [6, 6.07) is 20.3. The van der Waals surface area contributed by atoms with Crippen LogP contribution in [0.1, 0.15) is 18.5 Å². The molecule has 0 bridgehead atoms. The number of hydrogen-bond acceptors (Lipinski definition) is 4. The van der Waals surface area contributed by atoms with Crippen molar-refractivity contribution in [3.05, 3.63) is 89.6 Å². The molecule has 26 heavy (non-hydrogen) atoms. The van der Waals surface area contributed by atoms with Crippen LogP contribution in [0.25, 0.3) is 11.0 Å². The number of thiophene rings is 1. The third-order valence-corrected chi connectivity index (χ3v) is 5.47. The maximum atomic E-state index is 4.47. The normalized spacial score (nSPS) is 14.7. The average Bonchev–Trinajstić information content (AvgIpc) is 3.36. The summed E-state index contributed by atoms with van der Waals surface area (Å²) in [7, 11) is 0. The highest BCUT2D eigenvalue weighted by Gasteiger charge is 2.37. The highest BCUT2D eigenvalue weighted by atomic mass is 32.1. The number of benzene rings is 2. The van der Waals surface area contributed by atoms with Crippen molar-refractivity contribution in [1.29, 1.82) is 0 Å². The number of rotatable bonds is 6. The van der Waals surface area contributed by atoms with Crippen LogP contribution in [0.3, 0.4) is 0 Å². The number of hydrogen-bond donors (Lipinski definition) is 1. The summed E-state index contributed by atoms with van der Waals surface area (Å²) in [6.45, 7) is 6.28. The third kappa shape index (κ3) is 2.80. The zero-order valence-electron chi connectivity index (χ0n) is 14.5. The fourth-order valence-corrected chi connectivity index (χ4v) is 3.94. The SMILES string of the molecule is C=CC(C)(C(Nc1ccccc1)c1ccsc1)n1nnc2ccccc21. The smallest absolute Gasteiger partial charge is 0.113 e. The maximum absolute atomic E-state index is 4.47. The minimum atomic E-state index is -0.507. The van der Waals surface area contributed by atoms with Gasteiger partial charge in [0.2, 0.25) is 0 Å². The Balaban J connectivity index is 1.85. The zero-order valence-corrected chi connectivity index (χ0v) is 15.4. The van der Waals surface area contributed by atoms with E-state index in [2.05, 4.69) is 58.1 Å². The molecule has 2 heterocycles. The van der Waals surface area contributed by atoms with Crippen LogP contribution in [-0.4, -0.2) is 15.0 Å². The van der Waals surface area contributed by atoms with E-state index in [0.29, 0.717) is 0 Å². The molecule has 0 aliphatic heterocycles. The first-order valence-corrected chi connectivity index (χ1v) is 9.45. The Morgan fingerprint density at radius 2 is 1.88 bits per heavy atom. The summed E-state index contributed by atoms with van der Waals surface area (Å²) in [5.41, 5.74) is 3.61. The molecule has 2 unspecified atom stereocenters. The van der Waals surface area contributed by atoms with Gasteiger partial charge in [-0.25, -0.2) is 4.68 Å². The van der Waals surface area contributed by atoms with Crippen molar-refractivity contribution in [3.63, 3.8) is 0 Å². The number of para-hydroxylation sites is 2. The topological polar surface area (TPSA) is 42.7 Å². The predicted molar refractivity (Wildman–Crippen MR) is 108 cm³/mol. The van der Waals surface area contributed by atoms with E-state index in [1.807, 2.05) is 53.2 Å². The lowest BCUT2D eigenvalue weighted by atomic mass is 9.87. The van der Waals surface area contributed by atoms with Crippen molar-refractivity contribution >= 4 is 28.1 Å². The van der Waals surface area contributed by atoms with E-state index in [9.17, 15) is 0 Å². The van der Waals surface area contributed by atoms with Crippen LogP contribution in [0.4, 0.5) is 5.69 Å². The van der Waals surface area contributed by atoms with Crippen molar-refractivity contribution in [1.82, 2.24) is 15.0 Å². The first kappa shape index (κ1) is 16.5. The number of nitrogens with one attached hydrogen (secondary N) is 1. The molecule has 4 aromatic rings. The van der Waals surface area contributed by atoms with E-state index in [4.69, 9.17) is 0 Å².